The third kappa shape index (κ3) is 3.81. The molecule has 0 unspecified atom stereocenters. The zero-order valence-electron chi connectivity index (χ0n) is 18.1. The van der Waals surface area contributed by atoms with Crippen LogP contribution in [0.3, 0.4) is 0 Å². The van der Waals surface area contributed by atoms with Gasteiger partial charge in [0.25, 0.3) is 5.91 Å². The zero-order chi connectivity index (χ0) is 22.0. The number of hydrogen-bond acceptors (Lipinski definition) is 6. The fraction of sp³-hybridized carbons (Fsp3) is 0.375. The van der Waals surface area contributed by atoms with Crippen molar-refractivity contribution < 1.29 is 13.9 Å². The van der Waals surface area contributed by atoms with E-state index in [0.717, 1.165) is 31.6 Å². The molecule has 0 fully saturated rings. The largest absolute Gasteiger partial charge is 0.497 e. The second kappa shape index (κ2) is 8.89. The SMILES string of the molecule is CCN(CC)CCCN1C(=O)c2oc3cc(OC)ccc3c(=O)c2[C@@H]1c1ccncc1. The minimum Gasteiger partial charge on any atom is -0.497 e. The van der Waals surface area contributed by atoms with Crippen molar-refractivity contribution >= 4 is 16.9 Å². The van der Waals surface area contributed by atoms with Crippen LogP contribution in [0.4, 0.5) is 0 Å². The molecule has 0 aliphatic carbocycles. The van der Waals surface area contributed by atoms with Crippen molar-refractivity contribution in [3.05, 3.63) is 69.8 Å². The van der Waals surface area contributed by atoms with Crippen molar-refractivity contribution in [1.82, 2.24) is 14.8 Å². The van der Waals surface area contributed by atoms with E-state index in [-0.39, 0.29) is 17.1 Å². The minimum absolute atomic E-state index is 0.121. The molecule has 0 saturated heterocycles. The number of carbonyl (C=O) groups excluding carboxylic acids is 1. The third-order valence-corrected chi connectivity index (χ3v) is 5.96. The maximum Gasteiger partial charge on any atom is 0.290 e. The van der Waals surface area contributed by atoms with Gasteiger partial charge in [0.15, 0.2) is 5.43 Å². The summed E-state index contributed by atoms with van der Waals surface area (Å²) in [6.07, 6.45) is 4.17. The Morgan fingerprint density at radius 2 is 1.87 bits per heavy atom. The van der Waals surface area contributed by atoms with Gasteiger partial charge < -0.3 is 19.0 Å². The number of ether oxygens (including phenoxy) is 1. The average Bonchev–Trinajstić information content (AvgIpc) is 3.09. The zero-order valence-corrected chi connectivity index (χ0v) is 18.1. The first-order valence-corrected chi connectivity index (χ1v) is 10.7. The fourth-order valence-corrected chi connectivity index (χ4v) is 4.25. The standard InChI is InChI=1S/C24H27N3O4/c1-4-26(5-2)13-6-14-27-21(16-9-11-25-12-10-16)20-22(28)18-8-7-17(30-3)15-19(18)31-23(20)24(27)29/h7-12,15,21H,4-6,13-14H2,1-3H3/t21-/m0/s1. The van der Waals surface area contributed by atoms with Crippen molar-refractivity contribution in [2.75, 3.05) is 33.3 Å². The van der Waals surface area contributed by atoms with Crippen LogP contribution in [-0.4, -0.2) is 54.0 Å². The van der Waals surface area contributed by atoms with Crippen molar-refractivity contribution in [2.45, 2.75) is 26.3 Å². The smallest absolute Gasteiger partial charge is 0.290 e. The lowest BCUT2D eigenvalue weighted by Gasteiger charge is -2.26. The van der Waals surface area contributed by atoms with Crippen LogP contribution in [0.1, 0.15) is 48.0 Å². The number of amides is 1. The predicted molar refractivity (Wildman–Crippen MR) is 119 cm³/mol. The molecule has 0 saturated carbocycles. The van der Waals surface area contributed by atoms with E-state index in [1.807, 2.05) is 12.1 Å². The van der Waals surface area contributed by atoms with Crippen molar-refractivity contribution in [2.24, 2.45) is 0 Å². The predicted octanol–water partition coefficient (Wildman–Crippen LogP) is 3.47. The molecule has 7 nitrogen and oxygen atoms in total. The molecule has 3 aromatic rings. The Morgan fingerprint density at radius 3 is 2.55 bits per heavy atom. The first-order chi connectivity index (χ1) is 15.1. The highest BCUT2D eigenvalue weighted by atomic mass is 16.5. The molecular weight excluding hydrogens is 394 g/mol. The molecule has 1 aliphatic heterocycles. The molecule has 31 heavy (non-hydrogen) atoms. The number of nitrogens with zero attached hydrogens (tertiary/aromatic N) is 3. The van der Waals surface area contributed by atoms with Crippen molar-refractivity contribution in [1.29, 1.82) is 0 Å². The van der Waals surface area contributed by atoms with Crippen LogP contribution >= 0.6 is 0 Å². The van der Waals surface area contributed by atoms with Gasteiger partial charge in [-0.15, -0.1) is 0 Å². The second-order valence-electron chi connectivity index (χ2n) is 7.60. The Bertz CT molecular complexity index is 1140. The van der Waals surface area contributed by atoms with Gasteiger partial charge in [-0.1, -0.05) is 13.8 Å². The number of aromatic nitrogens is 1. The number of carbonyl (C=O) groups is 1. The van der Waals surface area contributed by atoms with E-state index in [1.54, 1.807) is 42.6 Å². The molecule has 1 amide bonds. The van der Waals surface area contributed by atoms with E-state index in [4.69, 9.17) is 9.15 Å². The van der Waals surface area contributed by atoms with Crippen LogP contribution in [0.2, 0.25) is 0 Å². The average molecular weight is 421 g/mol. The van der Waals surface area contributed by atoms with Crippen LogP contribution in [-0.2, 0) is 0 Å². The maximum absolute atomic E-state index is 13.5. The van der Waals surface area contributed by atoms with Gasteiger partial charge in [0.2, 0.25) is 5.76 Å². The molecule has 1 atom stereocenters. The highest BCUT2D eigenvalue weighted by Gasteiger charge is 2.42. The lowest BCUT2D eigenvalue weighted by molar-refractivity contribution is 0.0720. The summed E-state index contributed by atoms with van der Waals surface area (Å²) in [5.74, 6) is 0.441. The number of pyridine rings is 1. The van der Waals surface area contributed by atoms with E-state index < -0.39 is 6.04 Å². The highest BCUT2D eigenvalue weighted by Crippen LogP contribution is 2.38. The summed E-state index contributed by atoms with van der Waals surface area (Å²) in [6.45, 7) is 7.60. The van der Waals surface area contributed by atoms with Gasteiger partial charge in [-0.25, -0.2) is 0 Å². The molecule has 7 heteroatoms. The molecule has 2 aromatic heterocycles. The number of hydrogen-bond donors (Lipinski definition) is 0. The van der Waals surface area contributed by atoms with Crippen LogP contribution < -0.4 is 10.2 Å². The molecule has 162 valence electrons. The van der Waals surface area contributed by atoms with Gasteiger partial charge in [0.1, 0.15) is 11.3 Å². The fourth-order valence-electron chi connectivity index (χ4n) is 4.25. The molecule has 3 heterocycles. The maximum atomic E-state index is 13.5. The lowest BCUT2D eigenvalue weighted by Crippen LogP contribution is -2.33. The number of methoxy groups -OCH3 is 1. The van der Waals surface area contributed by atoms with Gasteiger partial charge in [0.05, 0.1) is 24.1 Å². The molecule has 0 spiro atoms. The normalized spacial score (nSPS) is 15.7. The van der Waals surface area contributed by atoms with Gasteiger partial charge in [-0.2, -0.15) is 0 Å². The lowest BCUT2D eigenvalue weighted by atomic mass is 9.99. The van der Waals surface area contributed by atoms with E-state index >= 15 is 0 Å². The summed E-state index contributed by atoms with van der Waals surface area (Å²) in [5, 5.41) is 0.441. The Balaban J connectivity index is 1.79. The van der Waals surface area contributed by atoms with Crippen LogP contribution in [0, 0.1) is 0 Å². The molecule has 1 aliphatic rings. The Morgan fingerprint density at radius 1 is 1.13 bits per heavy atom. The molecule has 4 rings (SSSR count). The van der Waals surface area contributed by atoms with E-state index in [0.29, 0.717) is 28.8 Å². The molecule has 0 N–H and O–H groups in total. The van der Waals surface area contributed by atoms with Gasteiger partial charge in [-0.05, 0) is 55.9 Å². The minimum atomic E-state index is -0.482. The summed E-state index contributed by atoms with van der Waals surface area (Å²) in [7, 11) is 1.55. The van der Waals surface area contributed by atoms with Crippen LogP contribution in [0.25, 0.3) is 11.0 Å². The van der Waals surface area contributed by atoms with E-state index in [2.05, 4.69) is 23.7 Å². The Labute approximate surface area is 181 Å². The Hall–Kier alpha value is -3.19. The van der Waals surface area contributed by atoms with E-state index in [9.17, 15) is 9.59 Å². The molecular formula is C24H27N3O4. The number of fused-ring (bicyclic) bond motifs is 2. The summed E-state index contributed by atoms with van der Waals surface area (Å²) >= 11 is 0. The molecule has 0 bridgehead atoms. The summed E-state index contributed by atoms with van der Waals surface area (Å²) in [6, 6.07) is 8.28. The van der Waals surface area contributed by atoms with Crippen LogP contribution in [0.15, 0.2) is 51.9 Å². The van der Waals surface area contributed by atoms with E-state index in [1.165, 1.54) is 0 Å². The topological polar surface area (TPSA) is 75.9 Å². The second-order valence-corrected chi connectivity index (χ2v) is 7.60. The number of rotatable bonds is 8. The van der Waals surface area contributed by atoms with Crippen molar-refractivity contribution in [3.8, 4) is 5.75 Å². The Kier molecular flexibility index (Phi) is 6.04. The first kappa shape index (κ1) is 21.1. The van der Waals surface area contributed by atoms with Gasteiger partial charge in [-0.3, -0.25) is 14.6 Å². The molecule has 0 radical (unpaired) electrons. The third-order valence-electron chi connectivity index (χ3n) is 5.96. The summed E-state index contributed by atoms with van der Waals surface area (Å²) < 4.78 is 11.2. The first-order valence-electron chi connectivity index (χ1n) is 10.7. The van der Waals surface area contributed by atoms with Crippen LogP contribution in [0.5, 0.6) is 5.75 Å². The summed E-state index contributed by atoms with van der Waals surface area (Å²) in [4.78, 5) is 35.0. The molecule has 1 aromatic carbocycles. The van der Waals surface area contributed by atoms with Crippen molar-refractivity contribution in [3.63, 3.8) is 0 Å². The summed E-state index contributed by atoms with van der Waals surface area (Å²) in [5.41, 5.74) is 1.43. The number of benzene rings is 1. The van der Waals surface area contributed by atoms with Gasteiger partial charge in [0, 0.05) is 25.0 Å². The monoisotopic (exact) mass is 421 g/mol. The quantitative estimate of drug-likeness (QED) is 0.554. The highest BCUT2D eigenvalue weighted by molar-refractivity contribution is 5.99. The van der Waals surface area contributed by atoms with Gasteiger partial charge >= 0.3 is 0 Å².